The van der Waals surface area contributed by atoms with Crippen LogP contribution in [0.1, 0.15) is 83.2 Å². The molecule has 0 saturated heterocycles. The normalized spacial score (nSPS) is 12.4. The molecule has 1 atom stereocenters. The zero-order chi connectivity index (χ0) is 18.5. The van der Waals surface area contributed by atoms with Crippen molar-refractivity contribution in [1.82, 2.24) is 9.90 Å². The van der Waals surface area contributed by atoms with Gasteiger partial charge in [-0.3, -0.25) is 4.79 Å². The minimum absolute atomic E-state index is 0.522. The van der Waals surface area contributed by atoms with Crippen molar-refractivity contribution in [1.29, 1.82) is 0 Å². The fourth-order valence-corrected chi connectivity index (χ4v) is 3.05. The molecule has 1 heterocycles. The summed E-state index contributed by atoms with van der Waals surface area (Å²) < 4.78 is 3.93. The Hall–Kier alpha value is -1.43. The molecule has 3 N–H and O–H groups in total. The van der Waals surface area contributed by atoms with Crippen molar-refractivity contribution in [2.75, 3.05) is 0 Å². The number of rotatable bonds is 15. The summed E-state index contributed by atoms with van der Waals surface area (Å²) in [5, 5.41) is 13.3. The van der Waals surface area contributed by atoms with Crippen LogP contribution in [0.5, 0.6) is 0 Å². The van der Waals surface area contributed by atoms with Gasteiger partial charge in [-0.05, 0) is 25.7 Å². The third kappa shape index (κ3) is 9.58. The van der Waals surface area contributed by atoms with Crippen LogP contribution in [0.3, 0.4) is 0 Å². The highest BCUT2D eigenvalue weighted by Crippen LogP contribution is 2.10. The van der Waals surface area contributed by atoms with E-state index in [1.807, 2.05) is 16.4 Å². The van der Waals surface area contributed by atoms with Gasteiger partial charge in [0.05, 0.1) is 5.21 Å². The molecule has 0 aliphatic rings. The van der Waals surface area contributed by atoms with E-state index >= 15 is 0 Å². The van der Waals surface area contributed by atoms with Gasteiger partial charge in [0.2, 0.25) is 0 Å². The predicted molar refractivity (Wildman–Crippen MR) is 99.2 cm³/mol. The Morgan fingerprint density at radius 2 is 1.80 bits per heavy atom. The lowest BCUT2D eigenvalue weighted by Crippen LogP contribution is -2.36. The average Bonchev–Trinajstić information content (AvgIpc) is 2.93. The van der Waals surface area contributed by atoms with E-state index in [2.05, 4.69) is 18.3 Å². The Balaban J connectivity index is 2.15. The average molecular weight is 354 g/mol. The fourth-order valence-electron chi connectivity index (χ4n) is 3.05. The van der Waals surface area contributed by atoms with Crippen molar-refractivity contribution in [3.05, 3.63) is 11.9 Å². The molecule has 144 valence electrons. The summed E-state index contributed by atoms with van der Waals surface area (Å²) in [6, 6.07) is -0.744. The number of aromatic nitrogens is 3. The third-order valence-electron chi connectivity index (χ3n) is 4.72. The summed E-state index contributed by atoms with van der Waals surface area (Å²) in [6.07, 6.45) is 16.1. The minimum atomic E-state index is -0.918. The number of carbonyl (C=O) groups is 1. The molecule has 0 aliphatic heterocycles. The Morgan fingerprint density at radius 3 is 2.44 bits per heavy atom. The maximum atomic E-state index is 10.7. The number of nitrogens with zero attached hydrogens (tertiary/aromatic N) is 3. The van der Waals surface area contributed by atoms with E-state index in [4.69, 9.17) is 10.8 Å². The Kier molecular flexibility index (Phi) is 11.1. The molecule has 1 aromatic heterocycles. The van der Waals surface area contributed by atoms with E-state index in [0.29, 0.717) is 6.42 Å². The molecule has 0 aromatic carbocycles. The largest absolute Gasteiger partial charge is 0.480 e. The van der Waals surface area contributed by atoms with Crippen molar-refractivity contribution in [2.24, 2.45) is 12.8 Å². The van der Waals surface area contributed by atoms with Gasteiger partial charge in [-0.2, -0.15) is 0 Å². The lowest BCUT2D eigenvalue weighted by Gasteiger charge is -2.03. The van der Waals surface area contributed by atoms with Crippen LogP contribution in [0.25, 0.3) is 0 Å². The number of carboxylic acids is 1. The highest BCUT2D eigenvalue weighted by atomic mass is 16.4. The fraction of sp³-hybridized carbons (Fsp3) is 0.842. The highest BCUT2D eigenvalue weighted by Gasteiger charge is 2.13. The van der Waals surface area contributed by atoms with Crippen LogP contribution in [-0.2, 0) is 24.8 Å². The quantitative estimate of drug-likeness (QED) is 0.375. The van der Waals surface area contributed by atoms with Crippen LogP contribution >= 0.6 is 0 Å². The molecule has 0 fully saturated rings. The summed E-state index contributed by atoms with van der Waals surface area (Å²) in [7, 11) is 2.00. The smallest absolute Gasteiger partial charge is 0.320 e. The molecule has 25 heavy (non-hydrogen) atoms. The van der Waals surface area contributed by atoms with E-state index in [9.17, 15) is 4.79 Å². The number of hydrogen-bond donors (Lipinski definition) is 2. The predicted octanol–water partition coefficient (Wildman–Crippen LogP) is 2.97. The Morgan fingerprint density at radius 1 is 1.16 bits per heavy atom. The SMILES string of the molecule is CCCCCCCCCCc1c[n+](CCCC[C@H](N)C(=O)O)nn1C. The summed E-state index contributed by atoms with van der Waals surface area (Å²) in [5.41, 5.74) is 6.78. The molecule has 0 radical (unpaired) electrons. The van der Waals surface area contributed by atoms with Gasteiger partial charge >= 0.3 is 5.97 Å². The van der Waals surface area contributed by atoms with Gasteiger partial charge in [0.15, 0.2) is 11.9 Å². The third-order valence-corrected chi connectivity index (χ3v) is 4.72. The minimum Gasteiger partial charge on any atom is -0.480 e. The molecular formula is C19H37N4O2+. The summed E-state index contributed by atoms with van der Waals surface area (Å²) in [6.45, 7) is 3.07. The van der Waals surface area contributed by atoms with Crippen molar-refractivity contribution in [2.45, 2.75) is 96.6 Å². The van der Waals surface area contributed by atoms with E-state index in [0.717, 1.165) is 25.8 Å². The molecule has 1 aromatic rings. The van der Waals surface area contributed by atoms with Crippen LogP contribution in [0.4, 0.5) is 0 Å². The first-order valence-electron chi connectivity index (χ1n) is 9.95. The molecule has 6 heteroatoms. The number of unbranched alkanes of at least 4 members (excludes halogenated alkanes) is 8. The first-order valence-corrected chi connectivity index (χ1v) is 9.95. The lowest BCUT2D eigenvalue weighted by atomic mass is 10.1. The van der Waals surface area contributed by atoms with Gasteiger partial charge in [0.1, 0.15) is 19.6 Å². The zero-order valence-electron chi connectivity index (χ0n) is 16.1. The van der Waals surface area contributed by atoms with Gasteiger partial charge in [0, 0.05) is 6.42 Å². The van der Waals surface area contributed by atoms with Crippen LogP contribution in [-0.4, -0.2) is 27.0 Å². The molecule has 6 nitrogen and oxygen atoms in total. The van der Waals surface area contributed by atoms with E-state index < -0.39 is 12.0 Å². The topological polar surface area (TPSA) is 85.0 Å². The zero-order valence-corrected chi connectivity index (χ0v) is 16.1. The summed E-state index contributed by atoms with van der Waals surface area (Å²) >= 11 is 0. The molecule has 0 aliphatic carbocycles. The van der Waals surface area contributed by atoms with Gasteiger partial charge in [-0.15, -0.1) is 9.36 Å². The Labute approximate surface area is 152 Å². The van der Waals surface area contributed by atoms with Crippen molar-refractivity contribution < 1.29 is 14.6 Å². The van der Waals surface area contributed by atoms with Crippen LogP contribution in [0.2, 0.25) is 0 Å². The number of aliphatic carboxylic acids is 1. The van der Waals surface area contributed by atoms with Gasteiger partial charge < -0.3 is 10.8 Å². The van der Waals surface area contributed by atoms with Crippen molar-refractivity contribution in [3.63, 3.8) is 0 Å². The van der Waals surface area contributed by atoms with Crippen molar-refractivity contribution in [3.8, 4) is 0 Å². The monoisotopic (exact) mass is 353 g/mol. The van der Waals surface area contributed by atoms with Crippen LogP contribution in [0.15, 0.2) is 6.20 Å². The number of aryl methyl sites for hydroxylation is 3. The molecule has 0 unspecified atom stereocenters. The van der Waals surface area contributed by atoms with Crippen LogP contribution < -0.4 is 10.4 Å². The number of carboxylic acid groups (broad SMARTS) is 1. The number of hydrogen-bond acceptors (Lipinski definition) is 3. The van der Waals surface area contributed by atoms with Crippen LogP contribution in [0, 0.1) is 0 Å². The second-order valence-corrected chi connectivity index (χ2v) is 7.06. The lowest BCUT2D eigenvalue weighted by molar-refractivity contribution is -0.755. The van der Waals surface area contributed by atoms with Gasteiger partial charge in [-0.1, -0.05) is 51.9 Å². The highest BCUT2D eigenvalue weighted by molar-refractivity contribution is 5.72. The molecule has 0 bridgehead atoms. The second-order valence-electron chi connectivity index (χ2n) is 7.06. The molecule has 0 amide bonds. The van der Waals surface area contributed by atoms with E-state index in [-0.39, 0.29) is 0 Å². The molecule has 1 rings (SSSR count). The van der Waals surface area contributed by atoms with Gasteiger partial charge in [0.25, 0.3) is 0 Å². The first kappa shape index (κ1) is 21.6. The maximum absolute atomic E-state index is 10.7. The summed E-state index contributed by atoms with van der Waals surface area (Å²) in [4.78, 5) is 10.7. The second kappa shape index (κ2) is 12.9. The van der Waals surface area contributed by atoms with Gasteiger partial charge in [-0.25, -0.2) is 0 Å². The standard InChI is InChI=1S/C19H36N4O2/c1-3-4-5-6-7-8-9-10-13-17-16-23(21-22(17)2)15-12-11-14-18(20)19(24)25/h16,18H,3-15,20H2,1-2H3/p+1/t18-/m0/s1. The Bertz CT molecular complexity index is 488. The first-order chi connectivity index (χ1) is 12.0. The van der Waals surface area contributed by atoms with E-state index in [1.54, 1.807) is 0 Å². The molecule has 0 saturated carbocycles. The molecule has 0 spiro atoms. The summed E-state index contributed by atoms with van der Waals surface area (Å²) in [5.74, 6) is -0.918. The van der Waals surface area contributed by atoms with Crippen molar-refractivity contribution >= 4 is 5.97 Å². The molecular weight excluding hydrogens is 316 g/mol. The van der Waals surface area contributed by atoms with E-state index in [1.165, 1.54) is 57.1 Å². The maximum Gasteiger partial charge on any atom is 0.320 e. The number of nitrogens with two attached hydrogens (primary N) is 1.